The van der Waals surface area contributed by atoms with Crippen molar-refractivity contribution in [3.8, 4) is 0 Å². The molecule has 2 rings (SSSR count). The highest BCUT2D eigenvalue weighted by molar-refractivity contribution is 5.10. The van der Waals surface area contributed by atoms with Gasteiger partial charge in [0, 0.05) is 19.4 Å². The minimum atomic E-state index is 0.287. The predicted octanol–water partition coefficient (Wildman–Crippen LogP) is 1.49. The molecule has 0 bridgehead atoms. The Balaban J connectivity index is 2.01. The first-order valence-electron chi connectivity index (χ1n) is 6.28. The van der Waals surface area contributed by atoms with Crippen molar-refractivity contribution in [2.75, 3.05) is 6.54 Å². The average molecular weight is 245 g/mol. The van der Waals surface area contributed by atoms with Gasteiger partial charge in [0.2, 0.25) is 0 Å². The van der Waals surface area contributed by atoms with Gasteiger partial charge in [-0.1, -0.05) is 18.2 Å². The molecule has 5 nitrogen and oxygen atoms in total. The van der Waals surface area contributed by atoms with Crippen molar-refractivity contribution in [1.29, 1.82) is 0 Å². The molecule has 0 aliphatic carbocycles. The van der Waals surface area contributed by atoms with Gasteiger partial charge in [0.25, 0.3) is 0 Å². The molecule has 1 unspecified atom stereocenters. The van der Waals surface area contributed by atoms with E-state index < -0.39 is 0 Å². The van der Waals surface area contributed by atoms with E-state index in [4.69, 9.17) is 0 Å². The number of nitrogens with one attached hydrogen (secondary N) is 1. The summed E-state index contributed by atoms with van der Waals surface area (Å²) in [6.07, 6.45) is 7.56. The number of aromatic nitrogens is 4. The van der Waals surface area contributed by atoms with E-state index in [0.717, 1.165) is 25.1 Å². The van der Waals surface area contributed by atoms with E-state index in [0.29, 0.717) is 0 Å². The summed E-state index contributed by atoms with van der Waals surface area (Å²) in [6.45, 7) is 3.05. The maximum absolute atomic E-state index is 4.14. The molecule has 0 amide bonds. The lowest BCUT2D eigenvalue weighted by molar-refractivity contribution is 0.479. The molecule has 2 heterocycles. The van der Waals surface area contributed by atoms with Crippen LogP contribution in [0.25, 0.3) is 0 Å². The Morgan fingerprint density at radius 2 is 2.28 bits per heavy atom. The lowest BCUT2D eigenvalue weighted by Gasteiger charge is -2.17. The molecule has 5 heteroatoms. The predicted molar refractivity (Wildman–Crippen MR) is 70.0 cm³/mol. The molecule has 18 heavy (non-hydrogen) atoms. The Morgan fingerprint density at radius 3 is 2.89 bits per heavy atom. The van der Waals surface area contributed by atoms with Gasteiger partial charge in [-0.3, -0.25) is 9.67 Å². The number of hydrogen-bond donors (Lipinski definition) is 1. The molecule has 0 radical (unpaired) electrons. The monoisotopic (exact) mass is 245 g/mol. The van der Waals surface area contributed by atoms with E-state index >= 15 is 0 Å². The highest BCUT2D eigenvalue weighted by atomic mass is 15.4. The third kappa shape index (κ3) is 3.13. The standard InChI is InChI=1S/C13H19N5/c1-3-15-12(13-10-16-17-18(13)2)7-6-11-5-4-8-14-9-11/h4-5,8-10,12,15H,3,6-7H2,1-2H3. The SMILES string of the molecule is CCNC(CCc1cccnc1)c1cnnn1C. The van der Waals surface area contributed by atoms with E-state index in [1.165, 1.54) is 5.56 Å². The fraction of sp³-hybridized carbons (Fsp3) is 0.462. The summed E-state index contributed by atoms with van der Waals surface area (Å²) in [6, 6.07) is 4.37. The summed E-state index contributed by atoms with van der Waals surface area (Å²) in [4.78, 5) is 4.14. The second-order valence-corrected chi connectivity index (χ2v) is 4.29. The van der Waals surface area contributed by atoms with Crippen LogP contribution in [0.2, 0.25) is 0 Å². The molecule has 2 aromatic rings. The second-order valence-electron chi connectivity index (χ2n) is 4.29. The van der Waals surface area contributed by atoms with Crippen LogP contribution in [0, 0.1) is 0 Å². The summed E-state index contributed by atoms with van der Waals surface area (Å²) >= 11 is 0. The van der Waals surface area contributed by atoms with E-state index in [9.17, 15) is 0 Å². The van der Waals surface area contributed by atoms with Gasteiger partial charge in [0.15, 0.2) is 0 Å². The largest absolute Gasteiger partial charge is 0.309 e. The highest BCUT2D eigenvalue weighted by Crippen LogP contribution is 2.17. The van der Waals surface area contributed by atoms with Crippen LogP contribution in [0.4, 0.5) is 0 Å². The molecule has 96 valence electrons. The van der Waals surface area contributed by atoms with Gasteiger partial charge in [-0.25, -0.2) is 0 Å². The van der Waals surface area contributed by atoms with Crippen molar-refractivity contribution in [3.05, 3.63) is 42.0 Å². The van der Waals surface area contributed by atoms with Gasteiger partial charge >= 0.3 is 0 Å². The van der Waals surface area contributed by atoms with Crippen molar-refractivity contribution < 1.29 is 0 Å². The Labute approximate surface area is 107 Å². The third-order valence-corrected chi connectivity index (χ3v) is 3.00. The van der Waals surface area contributed by atoms with Gasteiger partial charge in [-0.15, -0.1) is 5.10 Å². The van der Waals surface area contributed by atoms with Gasteiger partial charge in [-0.05, 0) is 31.0 Å². The molecular formula is C13H19N5. The van der Waals surface area contributed by atoms with Crippen LogP contribution in [0.5, 0.6) is 0 Å². The Morgan fingerprint density at radius 1 is 1.39 bits per heavy atom. The van der Waals surface area contributed by atoms with Crippen LogP contribution in [-0.2, 0) is 13.5 Å². The number of hydrogen-bond acceptors (Lipinski definition) is 4. The molecule has 0 saturated carbocycles. The fourth-order valence-electron chi connectivity index (χ4n) is 2.07. The van der Waals surface area contributed by atoms with Crippen molar-refractivity contribution in [3.63, 3.8) is 0 Å². The quantitative estimate of drug-likeness (QED) is 0.838. The first-order valence-corrected chi connectivity index (χ1v) is 6.28. The highest BCUT2D eigenvalue weighted by Gasteiger charge is 2.14. The van der Waals surface area contributed by atoms with Gasteiger partial charge in [0.05, 0.1) is 17.9 Å². The summed E-state index contributed by atoms with van der Waals surface area (Å²) in [5.74, 6) is 0. The number of nitrogens with zero attached hydrogens (tertiary/aromatic N) is 4. The lowest BCUT2D eigenvalue weighted by atomic mass is 10.0. The fourth-order valence-corrected chi connectivity index (χ4v) is 2.07. The van der Waals surface area contributed by atoms with Gasteiger partial charge < -0.3 is 5.32 Å². The Hall–Kier alpha value is -1.75. The van der Waals surface area contributed by atoms with Gasteiger partial charge in [0.1, 0.15) is 0 Å². The van der Waals surface area contributed by atoms with Crippen LogP contribution in [0.3, 0.4) is 0 Å². The maximum Gasteiger partial charge on any atom is 0.0753 e. The van der Waals surface area contributed by atoms with Crippen LogP contribution >= 0.6 is 0 Å². The van der Waals surface area contributed by atoms with E-state index in [2.05, 4.69) is 33.6 Å². The van der Waals surface area contributed by atoms with Crippen molar-refractivity contribution in [2.24, 2.45) is 7.05 Å². The lowest BCUT2D eigenvalue weighted by Crippen LogP contribution is -2.23. The van der Waals surface area contributed by atoms with Crippen molar-refractivity contribution in [1.82, 2.24) is 25.3 Å². The first kappa shape index (κ1) is 12.7. The van der Waals surface area contributed by atoms with Crippen molar-refractivity contribution >= 4 is 0 Å². The van der Waals surface area contributed by atoms with Crippen molar-refractivity contribution in [2.45, 2.75) is 25.8 Å². The molecule has 1 N–H and O–H groups in total. The van der Waals surface area contributed by atoms with Crippen LogP contribution in [0.15, 0.2) is 30.7 Å². The van der Waals surface area contributed by atoms with E-state index in [1.54, 1.807) is 6.20 Å². The van der Waals surface area contributed by atoms with Crippen LogP contribution in [0.1, 0.15) is 30.6 Å². The molecule has 0 fully saturated rings. The number of aryl methyl sites for hydroxylation is 2. The molecule has 2 aromatic heterocycles. The number of pyridine rings is 1. The smallest absolute Gasteiger partial charge is 0.0753 e. The third-order valence-electron chi connectivity index (χ3n) is 3.00. The minimum Gasteiger partial charge on any atom is -0.309 e. The zero-order valence-corrected chi connectivity index (χ0v) is 10.9. The molecule has 1 atom stereocenters. The summed E-state index contributed by atoms with van der Waals surface area (Å²) in [5.41, 5.74) is 2.39. The van der Waals surface area contributed by atoms with E-state index in [-0.39, 0.29) is 6.04 Å². The second kappa shape index (κ2) is 6.26. The molecule has 0 aromatic carbocycles. The molecule has 0 spiro atoms. The van der Waals surface area contributed by atoms with Gasteiger partial charge in [-0.2, -0.15) is 0 Å². The molecule has 0 aliphatic heterocycles. The normalized spacial score (nSPS) is 12.6. The molecule has 0 aliphatic rings. The van der Waals surface area contributed by atoms with Crippen LogP contribution in [-0.4, -0.2) is 26.5 Å². The Bertz CT molecular complexity index is 465. The Kier molecular flexibility index (Phi) is 4.41. The van der Waals surface area contributed by atoms with E-state index in [1.807, 2.05) is 30.2 Å². The number of rotatable bonds is 6. The molecular weight excluding hydrogens is 226 g/mol. The topological polar surface area (TPSA) is 55.6 Å². The average Bonchev–Trinajstić information content (AvgIpc) is 2.82. The maximum atomic E-state index is 4.14. The minimum absolute atomic E-state index is 0.287. The zero-order chi connectivity index (χ0) is 12.8. The summed E-state index contributed by atoms with van der Waals surface area (Å²) in [5, 5.41) is 11.4. The first-order chi connectivity index (χ1) is 8.81. The van der Waals surface area contributed by atoms with Crippen LogP contribution < -0.4 is 5.32 Å². The zero-order valence-electron chi connectivity index (χ0n) is 10.9. The summed E-state index contributed by atoms with van der Waals surface area (Å²) in [7, 11) is 1.93. The molecule has 0 saturated heterocycles. The summed E-state index contributed by atoms with van der Waals surface area (Å²) < 4.78 is 1.83.